The van der Waals surface area contributed by atoms with Crippen LogP contribution in [0.15, 0.2) is 24.3 Å². The maximum atomic E-state index is 11.9. The second-order valence-electron chi connectivity index (χ2n) is 5.62. The van der Waals surface area contributed by atoms with E-state index in [1.807, 2.05) is 12.1 Å². The smallest absolute Gasteiger partial charge is 0.224 e. The lowest BCUT2D eigenvalue weighted by molar-refractivity contribution is -0.117. The molecule has 1 heterocycles. The highest BCUT2D eigenvalue weighted by Gasteiger charge is 2.14. The van der Waals surface area contributed by atoms with Crippen molar-refractivity contribution in [2.24, 2.45) is 11.7 Å². The van der Waals surface area contributed by atoms with E-state index in [0.717, 1.165) is 43.6 Å². The second-order valence-corrected chi connectivity index (χ2v) is 5.62. The van der Waals surface area contributed by atoms with Crippen molar-refractivity contribution in [1.82, 2.24) is 5.32 Å². The lowest BCUT2D eigenvalue weighted by Crippen LogP contribution is -2.28. The SMILES string of the molecule is Cl.NC(=O)Cc1ccc(NC(=O)CCC2CCNCC2)cc1. The number of nitrogens with one attached hydrogen (secondary N) is 2. The van der Waals surface area contributed by atoms with Gasteiger partial charge in [0.05, 0.1) is 6.42 Å². The van der Waals surface area contributed by atoms with E-state index >= 15 is 0 Å². The molecule has 4 N–H and O–H groups in total. The molecule has 0 atom stereocenters. The molecule has 1 aromatic rings. The lowest BCUT2D eigenvalue weighted by Gasteiger charge is -2.22. The second kappa shape index (κ2) is 9.43. The molecule has 122 valence electrons. The number of anilines is 1. The van der Waals surface area contributed by atoms with Crippen molar-refractivity contribution in [3.63, 3.8) is 0 Å². The van der Waals surface area contributed by atoms with Gasteiger partial charge in [-0.3, -0.25) is 9.59 Å². The summed E-state index contributed by atoms with van der Waals surface area (Å²) in [5, 5.41) is 6.22. The summed E-state index contributed by atoms with van der Waals surface area (Å²) in [6.07, 6.45) is 4.06. The summed E-state index contributed by atoms with van der Waals surface area (Å²) in [5.74, 6) is 0.361. The number of hydrogen-bond donors (Lipinski definition) is 3. The Morgan fingerprint density at radius 1 is 1.18 bits per heavy atom. The highest BCUT2D eigenvalue weighted by atomic mass is 35.5. The highest BCUT2D eigenvalue weighted by Crippen LogP contribution is 2.18. The van der Waals surface area contributed by atoms with Crippen LogP contribution in [-0.4, -0.2) is 24.9 Å². The van der Waals surface area contributed by atoms with Crippen LogP contribution in [0.1, 0.15) is 31.2 Å². The minimum atomic E-state index is -0.353. The number of benzene rings is 1. The van der Waals surface area contributed by atoms with Crippen molar-refractivity contribution >= 4 is 29.9 Å². The molecule has 0 bridgehead atoms. The molecule has 2 amide bonds. The number of carbonyl (C=O) groups is 2. The highest BCUT2D eigenvalue weighted by molar-refractivity contribution is 5.90. The molecule has 22 heavy (non-hydrogen) atoms. The van der Waals surface area contributed by atoms with Crippen LogP contribution in [0.4, 0.5) is 5.69 Å². The molecule has 1 saturated heterocycles. The number of hydrogen-bond acceptors (Lipinski definition) is 3. The van der Waals surface area contributed by atoms with E-state index in [1.54, 1.807) is 12.1 Å². The summed E-state index contributed by atoms with van der Waals surface area (Å²) in [6.45, 7) is 2.13. The maximum Gasteiger partial charge on any atom is 0.224 e. The lowest BCUT2D eigenvalue weighted by atomic mass is 9.93. The number of amides is 2. The molecule has 0 aliphatic carbocycles. The Balaban J connectivity index is 0.00000242. The van der Waals surface area contributed by atoms with E-state index in [1.165, 1.54) is 0 Å². The number of rotatable bonds is 6. The zero-order valence-electron chi connectivity index (χ0n) is 12.6. The molecule has 0 aromatic heterocycles. The van der Waals surface area contributed by atoms with Crippen LogP contribution in [0, 0.1) is 5.92 Å². The van der Waals surface area contributed by atoms with Crippen molar-refractivity contribution in [1.29, 1.82) is 0 Å². The molecular weight excluding hydrogens is 302 g/mol. The summed E-state index contributed by atoms with van der Waals surface area (Å²) in [5.41, 5.74) is 6.76. The van der Waals surface area contributed by atoms with Gasteiger partial charge in [-0.15, -0.1) is 12.4 Å². The van der Waals surface area contributed by atoms with Crippen LogP contribution in [0.3, 0.4) is 0 Å². The van der Waals surface area contributed by atoms with Gasteiger partial charge in [-0.2, -0.15) is 0 Å². The summed E-state index contributed by atoms with van der Waals surface area (Å²) in [6, 6.07) is 7.24. The third-order valence-corrected chi connectivity index (χ3v) is 3.85. The monoisotopic (exact) mass is 325 g/mol. The number of primary amides is 1. The summed E-state index contributed by atoms with van der Waals surface area (Å²) in [4.78, 5) is 22.7. The van der Waals surface area contributed by atoms with Crippen LogP contribution in [-0.2, 0) is 16.0 Å². The molecule has 6 heteroatoms. The van der Waals surface area contributed by atoms with E-state index in [4.69, 9.17) is 5.73 Å². The van der Waals surface area contributed by atoms with E-state index < -0.39 is 0 Å². The Hall–Kier alpha value is -1.59. The van der Waals surface area contributed by atoms with Gasteiger partial charge in [0.1, 0.15) is 0 Å². The van der Waals surface area contributed by atoms with Crippen molar-refractivity contribution in [3.05, 3.63) is 29.8 Å². The fraction of sp³-hybridized carbons (Fsp3) is 0.500. The standard InChI is InChI=1S/C16H23N3O2.ClH/c17-15(20)11-13-1-4-14(5-2-13)19-16(21)6-3-12-7-9-18-10-8-12;/h1-2,4-5,12,18H,3,6-11H2,(H2,17,20)(H,19,21);1H. The number of halogens is 1. The van der Waals surface area contributed by atoms with Crippen LogP contribution < -0.4 is 16.4 Å². The topological polar surface area (TPSA) is 84.2 Å². The number of carbonyl (C=O) groups excluding carboxylic acids is 2. The molecule has 2 rings (SSSR count). The third kappa shape index (κ3) is 6.45. The van der Waals surface area contributed by atoms with Gasteiger partial charge in [0, 0.05) is 12.1 Å². The third-order valence-electron chi connectivity index (χ3n) is 3.85. The first kappa shape index (κ1) is 18.5. The molecule has 1 aliphatic heterocycles. The number of nitrogens with two attached hydrogens (primary N) is 1. The van der Waals surface area contributed by atoms with E-state index in [2.05, 4.69) is 10.6 Å². The number of piperidine rings is 1. The normalized spacial score (nSPS) is 14.9. The zero-order chi connectivity index (χ0) is 15.1. The summed E-state index contributed by atoms with van der Waals surface area (Å²) in [7, 11) is 0. The van der Waals surface area contributed by atoms with E-state index in [0.29, 0.717) is 12.3 Å². The fourth-order valence-corrected chi connectivity index (χ4v) is 2.64. The Morgan fingerprint density at radius 2 is 1.82 bits per heavy atom. The van der Waals surface area contributed by atoms with Crippen LogP contribution in [0.25, 0.3) is 0 Å². The van der Waals surface area contributed by atoms with Crippen molar-refractivity contribution in [3.8, 4) is 0 Å². The molecular formula is C16H24ClN3O2. The Kier molecular flexibility index (Phi) is 7.91. The maximum absolute atomic E-state index is 11.9. The van der Waals surface area contributed by atoms with Gasteiger partial charge in [-0.25, -0.2) is 0 Å². The van der Waals surface area contributed by atoms with Gasteiger partial charge in [-0.05, 0) is 56.0 Å². The molecule has 1 fully saturated rings. The minimum absolute atomic E-state index is 0. The average molecular weight is 326 g/mol. The Morgan fingerprint density at radius 3 is 2.41 bits per heavy atom. The van der Waals surface area contributed by atoms with Crippen LogP contribution >= 0.6 is 12.4 Å². The van der Waals surface area contributed by atoms with Gasteiger partial charge in [-0.1, -0.05) is 12.1 Å². The predicted octanol–water partition coefficient (Wildman–Crippen LogP) is 1.85. The molecule has 0 saturated carbocycles. The molecule has 5 nitrogen and oxygen atoms in total. The quantitative estimate of drug-likeness (QED) is 0.746. The van der Waals surface area contributed by atoms with Crippen molar-refractivity contribution in [2.75, 3.05) is 18.4 Å². The van der Waals surface area contributed by atoms with Gasteiger partial charge < -0.3 is 16.4 Å². The largest absolute Gasteiger partial charge is 0.369 e. The summed E-state index contributed by atoms with van der Waals surface area (Å²) >= 11 is 0. The fourth-order valence-electron chi connectivity index (χ4n) is 2.64. The summed E-state index contributed by atoms with van der Waals surface area (Å²) < 4.78 is 0. The molecule has 1 aromatic carbocycles. The van der Waals surface area contributed by atoms with Crippen LogP contribution in [0.5, 0.6) is 0 Å². The first-order valence-corrected chi connectivity index (χ1v) is 7.51. The zero-order valence-corrected chi connectivity index (χ0v) is 13.5. The van der Waals surface area contributed by atoms with Gasteiger partial charge >= 0.3 is 0 Å². The first-order valence-electron chi connectivity index (χ1n) is 7.51. The van der Waals surface area contributed by atoms with Gasteiger partial charge in [0.2, 0.25) is 11.8 Å². The minimum Gasteiger partial charge on any atom is -0.369 e. The first-order chi connectivity index (χ1) is 10.1. The van der Waals surface area contributed by atoms with Crippen molar-refractivity contribution < 1.29 is 9.59 Å². The molecule has 0 unspecified atom stereocenters. The molecule has 1 aliphatic rings. The van der Waals surface area contributed by atoms with E-state index in [9.17, 15) is 9.59 Å². The molecule has 0 radical (unpaired) electrons. The Bertz CT molecular complexity index is 485. The predicted molar refractivity (Wildman–Crippen MR) is 90.0 cm³/mol. The Labute approximate surface area is 137 Å². The van der Waals surface area contributed by atoms with E-state index in [-0.39, 0.29) is 30.6 Å². The van der Waals surface area contributed by atoms with Gasteiger partial charge in [0.25, 0.3) is 0 Å². The average Bonchev–Trinajstić information content (AvgIpc) is 2.48. The molecule has 0 spiro atoms. The van der Waals surface area contributed by atoms with Crippen molar-refractivity contribution in [2.45, 2.75) is 32.1 Å². The van der Waals surface area contributed by atoms with Crippen LogP contribution in [0.2, 0.25) is 0 Å². The van der Waals surface area contributed by atoms with Gasteiger partial charge in [0.15, 0.2) is 0 Å².